The number of aliphatic imine (C=N–C) groups is 1. The van der Waals surface area contributed by atoms with Crippen molar-refractivity contribution in [1.29, 1.82) is 0 Å². The van der Waals surface area contributed by atoms with Gasteiger partial charge in [0, 0.05) is 27.7 Å². The van der Waals surface area contributed by atoms with Gasteiger partial charge in [0.05, 0.1) is 15.5 Å². The lowest BCUT2D eigenvalue weighted by Gasteiger charge is -2.02. The number of carbonyl (C=O) groups is 1. The summed E-state index contributed by atoms with van der Waals surface area (Å²) >= 11 is 13.3. The Morgan fingerprint density at radius 1 is 1.23 bits per heavy atom. The highest BCUT2D eigenvalue weighted by molar-refractivity contribution is 8.18. The van der Waals surface area contributed by atoms with Crippen molar-refractivity contribution >= 4 is 63.5 Å². The number of non-ortho nitro benzene ring substituents is 1. The minimum absolute atomic E-state index is 0.104. The van der Waals surface area contributed by atoms with Gasteiger partial charge in [-0.2, -0.15) is 0 Å². The first-order valence-electron chi connectivity index (χ1n) is 7.34. The lowest BCUT2D eigenvalue weighted by atomic mass is 10.2. The van der Waals surface area contributed by atoms with Crippen LogP contribution >= 0.6 is 35.0 Å². The predicted molar refractivity (Wildman–Crippen MR) is 105 cm³/mol. The molecule has 2 aromatic carbocycles. The number of halogens is 2. The molecule has 0 aromatic heterocycles. The molecular weight excluding hydrogens is 397 g/mol. The molecule has 1 fully saturated rings. The number of nitro benzene ring substituents is 1. The Morgan fingerprint density at radius 2 is 2.00 bits per heavy atom. The summed E-state index contributed by atoms with van der Waals surface area (Å²) in [5.41, 5.74) is 1.73. The molecule has 0 unspecified atom stereocenters. The summed E-state index contributed by atoms with van der Waals surface area (Å²) in [5.74, 6) is -0.351. The third-order valence-corrected chi connectivity index (χ3v) is 5.25. The zero-order valence-electron chi connectivity index (χ0n) is 13.3. The highest BCUT2D eigenvalue weighted by Gasteiger charge is 2.24. The Bertz CT molecular complexity index is 989. The number of nitrogens with one attached hydrogen (secondary N) is 1. The molecule has 1 saturated heterocycles. The average Bonchev–Trinajstić information content (AvgIpc) is 2.93. The Morgan fingerprint density at radius 3 is 2.73 bits per heavy atom. The molecular formula is C17H11Cl2N3O3S. The van der Waals surface area contributed by atoms with E-state index in [4.69, 9.17) is 23.2 Å². The first-order valence-corrected chi connectivity index (χ1v) is 8.91. The van der Waals surface area contributed by atoms with E-state index in [1.807, 2.05) is 6.92 Å². The average molecular weight is 408 g/mol. The summed E-state index contributed by atoms with van der Waals surface area (Å²) in [6.45, 7) is 1.84. The van der Waals surface area contributed by atoms with Crippen molar-refractivity contribution in [2.75, 3.05) is 0 Å². The van der Waals surface area contributed by atoms with Crippen LogP contribution in [-0.4, -0.2) is 16.0 Å². The van der Waals surface area contributed by atoms with Crippen LogP contribution in [0.3, 0.4) is 0 Å². The summed E-state index contributed by atoms with van der Waals surface area (Å²) in [4.78, 5) is 27.3. The van der Waals surface area contributed by atoms with Crippen LogP contribution in [0.4, 0.5) is 11.4 Å². The number of hydrogen-bond donors (Lipinski definition) is 1. The first-order chi connectivity index (χ1) is 12.3. The van der Waals surface area contributed by atoms with Crippen LogP contribution in [0.1, 0.15) is 11.1 Å². The van der Waals surface area contributed by atoms with Gasteiger partial charge in [0.15, 0.2) is 5.17 Å². The number of benzene rings is 2. The molecule has 0 saturated carbocycles. The Labute approximate surface area is 163 Å². The number of nitrogens with zero attached hydrogens (tertiary/aromatic N) is 2. The van der Waals surface area contributed by atoms with E-state index in [9.17, 15) is 14.9 Å². The van der Waals surface area contributed by atoms with E-state index in [2.05, 4.69) is 10.3 Å². The zero-order chi connectivity index (χ0) is 18.8. The summed E-state index contributed by atoms with van der Waals surface area (Å²) < 4.78 is 0. The largest absolute Gasteiger partial charge is 0.300 e. The van der Waals surface area contributed by atoms with Crippen molar-refractivity contribution in [2.24, 2.45) is 4.99 Å². The van der Waals surface area contributed by atoms with E-state index in [0.29, 0.717) is 31.4 Å². The number of nitro groups is 1. The molecule has 0 bridgehead atoms. The van der Waals surface area contributed by atoms with Gasteiger partial charge < -0.3 is 5.32 Å². The van der Waals surface area contributed by atoms with Crippen LogP contribution in [0.2, 0.25) is 10.0 Å². The van der Waals surface area contributed by atoms with Crippen LogP contribution in [-0.2, 0) is 4.79 Å². The molecule has 1 aliphatic rings. The lowest BCUT2D eigenvalue weighted by Crippen LogP contribution is -2.19. The molecule has 2 aromatic rings. The van der Waals surface area contributed by atoms with Gasteiger partial charge in [-0.15, -0.1) is 0 Å². The second-order valence-electron chi connectivity index (χ2n) is 5.33. The van der Waals surface area contributed by atoms with Crippen molar-refractivity contribution < 1.29 is 9.72 Å². The maximum Gasteiger partial charge on any atom is 0.270 e. The van der Waals surface area contributed by atoms with Gasteiger partial charge in [-0.3, -0.25) is 14.9 Å². The van der Waals surface area contributed by atoms with Crippen molar-refractivity contribution in [3.63, 3.8) is 0 Å². The highest BCUT2D eigenvalue weighted by Crippen LogP contribution is 2.32. The fraction of sp³-hybridized carbons (Fsp3) is 0.0588. The van der Waals surface area contributed by atoms with Crippen LogP contribution in [0.5, 0.6) is 0 Å². The van der Waals surface area contributed by atoms with E-state index in [-0.39, 0.29) is 11.6 Å². The van der Waals surface area contributed by atoms with Gasteiger partial charge in [0.25, 0.3) is 11.6 Å². The van der Waals surface area contributed by atoms with Gasteiger partial charge in [-0.1, -0.05) is 29.3 Å². The van der Waals surface area contributed by atoms with Crippen molar-refractivity contribution in [2.45, 2.75) is 6.92 Å². The van der Waals surface area contributed by atoms with E-state index in [0.717, 1.165) is 17.3 Å². The normalized spacial score (nSPS) is 17.0. The van der Waals surface area contributed by atoms with Gasteiger partial charge in [-0.05, 0) is 48.5 Å². The van der Waals surface area contributed by atoms with Gasteiger partial charge >= 0.3 is 0 Å². The quantitative estimate of drug-likeness (QED) is 0.435. The molecule has 9 heteroatoms. The molecule has 1 aliphatic heterocycles. The summed E-state index contributed by atoms with van der Waals surface area (Å²) in [5, 5.41) is 14.9. The summed E-state index contributed by atoms with van der Waals surface area (Å²) in [7, 11) is 0. The molecule has 1 amide bonds. The predicted octanol–water partition coefficient (Wildman–Crippen LogP) is 5.10. The van der Waals surface area contributed by atoms with E-state index in [1.54, 1.807) is 18.2 Å². The van der Waals surface area contributed by atoms with E-state index < -0.39 is 4.92 Å². The molecule has 0 spiro atoms. The number of thioether (sulfide) groups is 1. The molecule has 3 rings (SSSR count). The van der Waals surface area contributed by atoms with Gasteiger partial charge in [0.1, 0.15) is 0 Å². The maximum atomic E-state index is 12.2. The maximum absolute atomic E-state index is 12.2. The highest BCUT2D eigenvalue weighted by atomic mass is 35.5. The molecule has 6 nitrogen and oxygen atoms in total. The fourth-order valence-corrected chi connectivity index (χ4v) is 3.37. The number of carbonyl (C=O) groups excluding carboxylic acids is 1. The minimum Gasteiger partial charge on any atom is -0.300 e. The van der Waals surface area contributed by atoms with Crippen molar-refractivity contribution in [3.05, 3.63) is 72.6 Å². The van der Waals surface area contributed by atoms with Crippen molar-refractivity contribution in [1.82, 2.24) is 5.32 Å². The second-order valence-corrected chi connectivity index (χ2v) is 7.17. The third-order valence-electron chi connectivity index (χ3n) is 3.59. The molecule has 1 N–H and O–H groups in total. The number of amides is 1. The smallest absolute Gasteiger partial charge is 0.270 e. The standard InChI is InChI=1S/C17H11Cl2N3O3S/c1-9-12(18)3-2-4-14(9)20-17-21-16(23)15(26-17)8-10-7-11(22(24)25)5-6-13(10)19/h2-8H,1H3,(H,20,21,23)/b15-8+. The summed E-state index contributed by atoms with van der Waals surface area (Å²) in [6, 6.07) is 9.38. The topological polar surface area (TPSA) is 84.6 Å². The minimum atomic E-state index is -0.519. The SMILES string of the molecule is Cc1c(Cl)cccc1N=C1NC(=O)/C(=C\c2cc([N+](=O)[O-])ccc2Cl)S1. The molecule has 0 aliphatic carbocycles. The summed E-state index contributed by atoms with van der Waals surface area (Å²) in [6.07, 6.45) is 1.50. The molecule has 0 atom stereocenters. The second kappa shape index (κ2) is 7.49. The van der Waals surface area contributed by atoms with Crippen LogP contribution in [0.15, 0.2) is 46.3 Å². The van der Waals surface area contributed by atoms with Gasteiger partial charge in [-0.25, -0.2) is 4.99 Å². The zero-order valence-corrected chi connectivity index (χ0v) is 15.7. The Hall–Kier alpha value is -2.35. The molecule has 0 radical (unpaired) electrons. The van der Waals surface area contributed by atoms with Gasteiger partial charge in [0.2, 0.25) is 0 Å². The van der Waals surface area contributed by atoms with Crippen molar-refractivity contribution in [3.8, 4) is 0 Å². The number of hydrogen-bond acceptors (Lipinski definition) is 5. The first kappa shape index (κ1) is 18.4. The molecule has 132 valence electrons. The van der Waals surface area contributed by atoms with E-state index in [1.165, 1.54) is 24.3 Å². The Kier molecular flexibility index (Phi) is 5.31. The molecule has 1 heterocycles. The van der Waals surface area contributed by atoms with E-state index >= 15 is 0 Å². The van der Waals surface area contributed by atoms with Crippen LogP contribution < -0.4 is 5.32 Å². The number of amidine groups is 1. The molecule has 26 heavy (non-hydrogen) atoms. The fourth-order valence-electron chi connectivity index (χ4n) is 2.20. The third kappa shape index (κ3) is 3.90. The number of rotatable bonds is 3. The van der Waals surface area contributed by atoms with Crippen LogP contribution in [0.25, 0.3) is 6.08 Å². The van der Waals surface area contributed by atoms with Crippen LogP contribution in [0, 0.1) is 17.0 Å². The lowest BCUT2D eigenvalue weighted by molar-refractivity contribution is -0.384. The monoisotopic (exact) mass is 407 g/mol. The Balaban J connectivity index is 1.92.